The molecule has 1 aromatic carbocycles. The molecule has 170 valence electrons. The maximum Gasteiger partial charge on any atom is 0.260 e. The molecule has 3 aliphatic heterocycles. The topological polar surface area (TPSA) is 84.9 Å². The van der Waals surface area contributed by atoms with E-state index in [0.29, 0.717) is 25.5 Å². The first-order chi connectivity index (χ1) is 14.9. The number of hydrogen-bond donors (Lipinski definition) is 1. The SMILES string of the molecule is Cc1cccc2c1[C@H]1CC[C@H](CC1)OC[C@H]1[C@@H](NS(=O)(=O)C3CC3)CCN1C(=O)CO2. The van der Waals surface area contributed by atoms with E-state index < -0.39 is 10.0 Å². The Kier molecular flexibility index (Phi) is 5.73. The number of ether oxygens (including phenoxy) is 2. The molecule has 0 unspecified atom stereocenters. The van der Waals surface area contributed by atoms with E-state index in [9.17, 15) is 13.2 Å². The van der Waals surface area contributed by atoms with Crippen LogP contribution in [-0.4, -0.2) is 62.4 Å². The molecule has 2 saturated carbocycles. The Morgan fingerprint density at radius 3 is 2.58 bits per heavy atom. The fourth-order valence-electron chi connectivity index (χ4n) is 5.47. The average molecular weight is 449 g/mol. The summed E-state index contributed by atoms with van der Waals surface area (Å²) in [5.74, 6) is 1.12. The van der Waals surface area contributed by atoms with Gasteiger partial charge < -0.3 is 14.4 Å². The maximum absolute atomic E-state index is 13.1. The fraction of sp³-hybridized carbons (Fsp3) is 0.696. The lowest BCUT2D eigenvalue weighted by molar-refractivity contribution is -0.136. The number of carbonyl (C=O) groups is 1. The summed E-state index contributed by atoms with van der Waals surface area (Å²) in [6, 6.07) is 5.46. The molecule has 5 aliphatic rings. The van der Waals surface area contributed by atoms with Crippen LogP contribution in [0.3, 0.4) is 0 Å². The Hall–Kier alpha value is -1.64. The molecule has 8 heteroatoms. The normalized spacial score (nSPS) is 31.8. The minimum atomic E-state index is -3.33. The lowest BCUT2D eigenvalue weighted by Crippen LogP contribution is -2.51. The van der Waals surface area contributed by atoms with Gasteiger partial charge in [0.25, 0.3) is 5.91 Å². The summed E-state index contributed by atoms with van der Waals surface area (Å²) in [7, 11) is -3.33. The zero-order valence-corrected chi connectivity index (χ0v) is 18.9. The van der Waals surface area contributed by atoms with Gasteiger partial charge in [-0.2, -0.15) is 0 Å². The summed E-state index contributed by atoms with van der Waals surface area (Å²) in [5.41, 5.74) is 2.43. The molecule has 6 rings (SSSR count). The predicted octanol–water partition coefficient (Wildman–Crippen LogP) is 2.48. The van der Waals surface area contributed by atoms with Crippen molar-refractivity contribution in [3.8, 4) is 5.75 Å². The first-order valence-electron chi connectivity index (χ1n) is 11.6. The number of amides is 1. The molecule has 3 heterocycles. The van der Waals surface area contributed by atoms with E-state index in [1.54, 1.807) is 4.90 Å². The second-order valence-electron chi connectivity index (χ2n) is 9.49. The number of carbonyl (C=O) groups excluding carboxylic acids is 1. The zero-order chi connectivity index (χ0) is 21.6. The van der Waals surface area contributed by atoms with E-state index >= 15 is 0 Å². The van der Waals surface area contributed by atoms with E-state index in [2.05, 4.69) is 17.7 Å². The van der Waals surface area contributed by atoms with Crippen molar-refractivity contribution in [3.63, 3.8) is 0 Å². The van der Waals surface area contributed by atoms with Crippen molar-refractivity contribution in [2.75, 3.05) is 19.8 Å². The number of nitrogens with one attached hydrogen (secondary N) is 1. The molecule has 2 aliphatic carbocycles. The highest BCUT2D eigenvalue weighted by Gasteiger charge is 2.44. The number of nitrogens with zero attached hydrogens (tertiary/aromatic N) is 1. The number of fused-ring (bicyclic) bond motifs is 5. The number of sulfonamides is 1. The fourth-order valence-corrected chi connectivity index (χ4v) is 7.12. The van der Waals surface area contributed by atoms with Crippen LogP contribution in [0.25, 0.3) is 0 Å². The van der Waals surface area contributed by atoms with Crippen molar-refractivity contribution in [2.45, 2.75) is 81.2 Å². The Morgan fingerprint density at radius 1 is 1.06 bits per heavy atom. The molecule has 1 saturated heterocycles. The first kappa shape index (κ1) is 21.2. The third-order valence-electron chi connectivity index (χ3n) is 7.37. The van der Waals surface area contributed by atoms with Crippen LogP contribution in [0.5, 0.6) is 5.75 Å². The third-order valence-corrected chi connectivity index (χ3v) is 9.35. The Bertz CT molecular complexity index is 937. The van der Waals surface area contributed by atoms with Crippen molar-refractivity contribution in [1.29, 1.82) is 0 Å². The van der Waals surface area contributed by atoms with Gasteiger partial charge in [-0.3, -0.25) is 4.79 Å². The summed E-state index contributed by atoms with van der Waals surface area (Å²) in [6.45, 7) is 2.95. The minimum Gasteiger partial charge on any atom is -0.483 e. The van der Waals surface area contributed by atoms with E-state index in [1.807, 2.05) is 12.1 Å². The van der Waals surface area contributed by atoms with Crippen molar-refractivity contribution in [2.24, 2.45) is 0 Å². The molecular weight excluding hydrogens is 416 g/mol. The van der Waals surface area contributed by atoms with E-state index in [0.717, 1.165) is 44.3 Å². The van der Waals surface area contributed by atoms with Crippen LogP contribution < -0.4 is 9.46 Å². The number of benzene rings is 1. The second-order valence-corrected chi connectivity index (χ2v) is 11.5. The lowest BCUT2D eigenvalue weighted by atomic mass is 9.80. The van der Waals surface area contributed by atoms with E-state index in [-0.39, 0.29) is 36.0 Å². The lowest BCUT2D eigenvalue weighted by Gasteiger charge is -2.32. The highest BCUT2D eigenvalue weighted by Crippen LogP contribution is 2.40. The molecule has 1 amide bonds. The Balaban J connectivity index is 1.40. The van der Waals surface area contributed by atoms with Crippen LogP contribution in [0.1, 0.15) is 62.0 Å². The number of aryl methyl sites for hydroxylation is 1. The monoisotopic (exact) mass is 448 g/mol. The highest BCUT2D eigenvalue weighted by atomic mass is 32.2. The van der Waals surface area contributed by atoms with Gasteiger partial charge in [-0.05, 0) is 69.4 Å². The zero-order valence-electron chi connectivity index (χ0n) is 18.1. The molecule has 3 fully saturated rings. The molecule has 2 atom stereocenters. The van der Waals surface area contributed by atoms with Gasteiger partial charge >= 0.3 is 0 Å². The number of hydrogen-bond acceptors (Lipinski definition) is 5. The summed E-state index contributed by atoms with van der Waals surface area (Å²) in [4.78, 5) is 14.9. The van der Waals surface area contributed by atoms with Crippen molar-refractivity contribution in [3.05, 3.63) is 29.3 Å². The molecule has 1 aromatic rings. The Labute approximate surface area is 184 Å². The standard InChI is InChI=1S/C23H32N2O5S/c1-15-3-2-4-21-23(15)16-5-7-17(8-6-16)29-13-20-19(24-31(27,28)18-9-10-18)11-12-25(20)22(26)14-30-21/h2-4,16-20,24H,5-14H2,1H3/t16-,17+,19-,20-/m0/s1. The van der Waals surface area contributed by atoms with Gasteiger partial charge in [0.1, 0.15) is 5.75 Å². The maximum atomic E-state index is 13.1. The molecule has 31 heavy (non-hydrogen) atoms. The summed E-state index contributed by atoms with van der Waals surface area (Å²) >= 11 is 0. The van der Waals surface area contributed by atoms with Gasteiger partial charge in [0.2, 0.25) is 10.0 Å². The largest absolute Gasteiger partial charge is 0.483 e. The first-order valence-corrected chi connectivity index (χ1v) is 13.1. The van der Waals surface area contributed by atoms with Gasteiger partial charge in [-0.25, -0.2) is 13.1 Å². The van der Waals surface area contributed by atoms with Crippen molar-refractivity contribution in [1.82, 2.24) is 9.62 Å². The van der Waals surface area contributed by atoms with Gasteiger partial charge in [0.15, 0.2) is 6.61 Å². The number of rotatable bonds is 3. The van der Waals surface area contributed by atoms with Crippen LogP contribution in [-0.2, 0) is 19.6 Å². The molecule has 0 spiro atoms. The van der Waals surface area contributed by atoms with Crippen LogP contribution in [0, 0.1) is 6.92 Å². The van der Waals surface area contributed by atoms with Crippen molar-refractivity contribution >= 4 is 15.9 Å². The molecule has 1 N–H and O–H groups in total. The summed E-state index contributed by atoms with van der Waals surface area (Å²) in [5, 5.41) is -0.272. The van der Waals surface area contributed by atoms with E-state index in [4.69, 9.17) is 9.47 Å². The van der Waals surface area contributed by atoms with Crippen LogP contribution in [0.2, 0.25) is 0 Å². The Morgan fingerprint density at radius 2 is 1.84 bits per heavy atom. The molecule has 7 nitrogen and oxygen atoms in total. The summed E-state index contributed by atoms with van der Waals surface area (Å²) < 4.78 is 40.3. The molecular formula is C23H32N2O5S. The second kappa shape index (κ2) is 8.37. The predicted molar refractivity (Wildman–Crippen MR) is 117 cm³/mol. The van der Waals surface area contributed by atoms with Crippen molar-refractivity contribution < 1.29 is 22.7 Å². The van der Waals surface area contributed by atoms with Gasteiger partial charge in [-0.15, -0.1) is 0 Å². The van der Waals surface area contributed by atoms with Crippen LogP contribution in [0.15, 0.2) is 18.2 Å². The molecule has 2 bridgehead atoms. The smallest absolute Gasteiger partial charge is 0.260 e. The molecule has 0 radical (unpaired) electrons. The van der Waals surface area contributed by atoms with Gasteiger partial charge in [0.05, 0.1) is 24.0 Å². The summed E-state index contributed by atoms with van der Waals surface area (Å²) in [6.07, 6.45) is 6.22. The average Bonchev–Trinajstić information content (AvgIpc) is 3.54. The highest BCUT2D eigenvalue weighted by molar-refractivity contribution is 7.90. The van der Waals surface area contributed by atoms with Crippen LogP contribution in [0.4, 0.5) is 0 Å². The van der Waals surface area contributed by atoms with Crippen LogP contribution >= 0.6 is 0 Å². The van der Waals surface area contributed by atoms with Gasteiger partial charge in [-0.1, -0.05) is 12.1 Å². The third kappa shape index (κ3) is 4.34. The quantitative estimate of drug-likeness (QED) is 0.768. The van der Waals surface area contributed by atoms with E-state index in [1.165, 1.54) is 11.1 Å². The van der Waals surface area contributed by atoms with Gasteiger partial charge in [0, 0.05) is 18.2 Å². The minimum absolute atomic E-state index is 0.0365. The molecule has 0 aromatic heterocycles.